The molecule has 34 heavy (non-hydrogen) atoms. The van der Waals surface area contributed by atoms with E-state index in [2.05, 4.69) is 36.3 Å². The number of rotatable bonds is 5. The average Bonchev–Trinajstić information content (AvgIpc) is 3.36. The number of amides is 1. The normalized spacial score (nSPS) is 44.6. The Hall–Kier alpha value is -1.05. The highest BCUT2D eigenvalue weighted by atomic mass is 32.1. The fraction of sp³-hybridized carbons (Fsp3) is 0.889. The smallest absolute Gasteiger partial charge is 0.226 e. The Bertz CT molecular complexity index is 907. The van der Waals surface area contributed by atoms with Crippen LogP contribution >= 0.6 is 11.3 Å². The summed E-state index contributed by atoms with van der Waals surface area (Å²) in [6, 6.07) is 0. The summed E-state index contributed by atoms with van der Waals surface area (Å²) < 4.78 is 0. The van der Waals surface area contributed by atoms with E-state index in [9.17, 15) is 15.0 Å². The van der Waals surface area contributed by atoms with Gasteiger partial charge < -0.3 is 15.5 Å². The van der Waals surface area contributed by atoms with Crippen LogP contribution in [0.5, 0.6) is 0 Å². The zero-order chi connectivity index (χ0) is 24.3. The summed E-state index contributed by atoms with van der Waals surface area (Å²) >= 11 is 1.41. The molecule has 190 valence electrons. The van der Waals surface area contributed by atoms with E-state index in [1.807, 2.05) is 6.92 Å². The second-order valence-corrected chi connectivity index (χ2v) is 13.8. The Morgan fingerprint density at radius 3 is 2.65 bits per heavy atom. The van der Waals surface area contributed by atoms with Crippen molar-refractivity contribution < 1.29 is 15.0 Å². The van der Waals surface area contributed by atoms with Crippen LogP contribution in [0.1, 0.15) is 90.0 Å². The molecule has 1 amide bonds. The van der Waals surface area contributed by atoms with Gasteiger partial charge in [0.1, 0.15) is 5.01 Å². The van der Waals surface area contributed by atoms with Gasteiger partial charge in [-0.15, -0.1) is 10.2 Å². The lowest BCUT2D eigenvalue weighted by Crippen LogP contribution is -2.58. The van der Waals surface area contributed by atoms with Gasteiger partial charge in [0.2, 0.25) is 11.0 Å². The van der Waals surface area contributed by atoms with Crippen molar-refractivity contribution in [1.29, 1.82) is 0 Å². The molecule has 4 aliphatic rings. The number of anilines is 1. The van der Waals surface area contributed by atoms with E-state index in [0.29, 0.717) is 47.1 Å². The van der Waals surface area contributed by atoms with Gasteiger partial charge in [-0.1, -0.05) is 32.1 Å². The minimum absolute atomic E-state index is 0.0117. The molecule has 4 saturated carbocycles. The van der Waals surface area contributed by atoms with Crippen molar-refractivity contribution in [3.8, 4) is 0 Å². The summed E-state index contributed by atoms with van der Waals surface area (Å²) in [6.07, 6.45) is 9.71. The molecule has 0 radical (unpaired) electrons. The van der Waals surface area contributed by atoms with Gasteiger partial charge in [0.05, 0.1) is 12.2 Å². The van der Waals surface area contributed by atoms with E-state index in [0.717, 1.165) is 37.1 Å². The fourth-order valence-corrected chi connectivity index (χ4v) is 9.86. The number of hydrogen-bond acceptors (Lipinski definition) is 6. The molecule has 5 rings (SSSR count). The lowest BCUT2D eigenvalue weighted by Gasteiger charge is -2.62. The topological polar surface area (TPSA) is 95.3 Å². The van der Waals surface area contributed by atoms with Gasteiger partial charge in [0.15, 0.2) is 0 Å². The highest BCUT2D eigenvalue weighted by Gasteiger charge is 2.63. The van der Waals surface area contributed by atoms with Crippen LogP contribution in [0.25, 0.3) is 0 Å². The number of aromatic nitrogens is 2. The number of aliphatic hydroxyl groups is 2. The molecule has 0 aliphatic heterocycles. The van der Waals surface area contributed by atoms with Crippen LogP contribution in [-0.4, -0.2) is 38.5 Å². The number of hydrogen-bond donors (Lipinski definition) is 3. The molecule has 0 unspecified atom stereocenters. The van der Waals surface area contributed by atoms with Crippen LogP contribution in [-0.2, 0) is 4.79 Å². The monoisotopic (exact) mass is 489 g/mol. The van der Waals surface area contributed by atoms with Crippen molar-refractivity contribution in [2.24, 2.45) is 46.3 Å². The molecule has 6 nitrogen and oxygen atoms in total. The lowest BCUT2D eigenvalue weighted by atomic mass is 9.43. The van der Waals surface area contributed by atoms with Crippen molar-refractivity contribution in [3.63, 3.8) is 0 Å². The first kappa shape index (κ1) is 24.6. The number of carbonyl (C=O) groups is 1. The molecule has 7 heteroatoms. The Kier molecular flexibility index (Phi) is 6.60. The molecule has 1 heterocycles. The number of fused-ring (bicyclic) bond motifs is 5. The van der Waals surface area contributed by atoms with E-state index in [1.54, 1.807) is 0 Å². The third kappa shape index (κ3) is 4.03. The van der Waals surface area contributed by atoms with Crippen LogP contribution in [0.3, 0.4) is 0 Å². The fourth-order valence-electron chi connectivity index (χ4n) is 9.25. The quantitative estimate of drug-likeness (QED) is 0.529. The minimum atomic E-state index is -0.269. The molecule has 4 aliphatic carbocycles. The number of nitrogens with one attached hydrogen (secondary N) is 1. The minimum Gasteiger partial charge on any atom is -0.393 e. The molecule has 0 aromatic carbocycles. The third-order valence-corrected chi connectivity index (χ3v) is 11.9. The van der Waals surface area contributed by atoms with Crippen LogP contribution in [0.15, 0.2) is 0 Å². The van der Waals surface area contributed by atoms with Crippen molar-refractivity contribution in [2.75, 3.05) is 5.32 Å². The second-order valence-electron chi connectivity index (χ2n) is 12.6. The van der Waals surface area contributed by atoms with Crippen molar-refractivity contribution in [3.05, 3.63) is 5.01 Å². The zero-order valence-electron chi connectivity index (χ0n) is 21.3. The molecule has 4 fully saturated rings. The van der Waals surface area contributed by atoms with Crippen molar-refractivity contribution in [2.45, 2.75) is 104 Å². The van der Waals surface area contributed by atoms with Gasteiger partial charge in [-0.25, -0.2) is 0 Å². The summed E-state index contributed by atoms with van der Waals surface area (Å²) in [7, 11) is 0. The second kappa shape index (κ2) is 9.11. The Labute approximate surface area is 208 Å². The molecule has 0 spiro atoms. The maximum absolute atomic E-state index is 12.5. The molecular weight excluding hydrogens is 446 g/mol. The number of aryl methyl sites for hydroxylation is 1. The Morgan fingerprint density at radius 2 is 1.91 bits per heavy atom. The van der Waals surface area contributed by atoms with Gasteiger partial charge in [-0.05, 0) is 111 Å². The van der Waals surface area contributed by atoms with E-state index >= 15 is 0 Å². The first-order valence-electron chi connectivity index (χ1n) is 13.6. The Balaban J connectivity index is 1.26. The van der Waals surface area contributed by atoms with Gasteiger partial charge in [-0.2, -0.15) is 0 Å². The highest BCUT2D eigenvalue weighted by molar-refractivity contribution is 7.15. The molecular formula is C27H43N3O3S. The Morgan fingerprint density at radius 1 is 1.12 bits per heavy atom. The van der Waals surface area contributed by atoms with E-state index in [1.165, 1.54) is 37.0 Å². The summed E-state index contributed by atoms with van der Waals surface area (Å²) in [5.41, 5.74) is 0.222. The number of nitrogens with zero attached hydrogens (tertiary/aromatic N) is 2. The van der Waals surface area contributed by atoms with E-state index < -0.39 is 0 Å². The lowest BCUT2D eigenvalue weighted by molar-refractivity contribution is -0.174. The van der Waals surface area contributed by atoms with Gasteiger partial charge in [-0.3, -0.25) is 4.79 Å². The van der Waals surface area contributed by atoms with Crippen LogP contribution in [0.2, 0.25) is 0 Å². The standard InChI is InChI=1S/C27H43N3O3S/c1-15(5-10-24(33)28-25-30-29-16(2)34-25)20-8-9-21-19-7-6-17-13-18(31)11-12-26(17,3)22(19)14-23(32)27(20,21)4/h15,17-23,31-32H,5-14H2,1-4H3,(H,28,30,33)/t15-,17+,18-,19+,20+,21-,22-,23+,26+,27-/m1/s1. The van der Waals surface area contributed by atoms with E-state index in [4.69, 9.17) is 0 Å². The van der Waals surface area contributed by atoms with Crippen molar-refractivity contribution >= 4 is 22.4 Å². The predicted octanol–water partition coefficient (Wildman–Crippen LogP) is 5.19. The van der Waals surface area contributed by atoms with Crippen LogP contribution < -0.4 is 5.32 Å². The van der Waals surface area contributed by atoms with Gasteiger partial charge in [0.25, 0.3) is 0 Å². The molecule has 1 aromatic rings. The molecule has 0 bridgehead atoms. The molecule has 1 aromatic heterocycles. The zero-order valence-corrected chi connectivity index (χ0v) is 22.1. The summed E-state index contributed by atoms with van der Waals surface area (Å²) in [6.45, 7) is 9.02. The van der Waals surface area contributed by atoms with Crippen LogP contribution in [0, 0.1) is 53.3 Å². The first-order chi connectivity index (χ1) is 16.1. The first-order valence-corrected chi connectivity index (χ1v) is 14.4. The maximum atomic E-state index is 12.5. The molecule has 3 N–H and O–H groups in total. The van der Waals surface area contributed by atoms with Crippen LogP contribution in [0.4, 0.5) is 5.13 Å². The van der Waals surface area contributed by atoms with Crippen molar-refractivity contribution in [1.82, 2.24) is 10.2 Å². The predicted molar refractivity (Wildman–Crippen MR) is 134 cm³/mol. The largest absolute Gasteiger partial charge is 0.393 e. The maximum Gasteiger partial charge on any atom is 0.226 e. The summed E-state index contributed by atoms with van der Waals surface area (Å²) in [4.78, 5) is 12.5. The average molecular weight is 490 g/mol. The van der Waals surface area contributed by atoms with Gasteiger partial charge in [0, 0.05) is 6.42 Å². The number of aliphatic hydroxyl groups excluding tert-OH is 2. The molecule has 0 saturated heterocycles. The molecule has 10 atom stereocenters. The summed E-state index contributed by atoms with van der Waals surface area (Å²) in [5, 5.41) is 34.3. The third-order valence-electron chi connectivity index (χ3n) is 11.1. The number of carbonyl (C=O) groups excluding carboxylic acids is 1. The highest BCUT2D eigenvalue weighted by Crippen LogP contribution is 2.68. The van der Waals surface area contributed by atoms with E-state index in [-0.39, 0.29) is 28.9 Å². The van der Waals surface area contributed by atoms with Gasteiger partial charge >= 0.3 is 0 Å². The summed E-state index contributed by atoms with van der Waals surface area (Å²) in [5.74, 6) is 3.35. The SMILES string of the molecule is Cc1nnc(NC(=O)CC[C@@H](C)[C@@H]2CC[C@@H]3[C@@H]4CC[C@H]5C[C@H](O)CC[C@]5(C)[C@@H]4C[C@H](O)[C@@]32C)s1.